The van der Waals surface area contributed by atoms with E-state index in [1.54, 1.807) is 19.7 Å². The number of benzene rings is 1. The van der Waals surface area contributed by atoms with Crippen LogP contribution in [0, 0.1) is 12.8 Å². The van der Waals surface area contributed by atoms with Crippen molar-refractivity contribution in [2.45, 2.75) is 59.5 Å². The highest BCUT2D eigenvalue weighted by atomic mass is 127. The molecule has 0 aliphatic carbocycles. The quantitative estimate of drug-likeness (QED) is 0.187. The SMILES string of the molecule is CN=C(NCCCCn1cnnc1)NCc1ccc(C)cc1OCCCC(C)C.I. The van der Waals surface area contributed by atoms with Crippen molar-refractivity contribution in [3.05, 3.63) is 42.0 Å². The molecule has 0 bridgehead atoms. The molecule has 0 amide bonds. The van der Waals surface area contributed by atoms with Crippen molar-refractivity contribution in [3.8, 4) is 5.75 Å². The van der Waals surface area contributed by atoms with Crippen molar-refractivity contribution in [2.24, 2.45) is 10.9 Å². The van der Waals surface area contributed by atoms with E-state index in [1.807, 2.05) is 4.57 Å². The molecule has 1 aromatic carbocycles. The van der Waals surface area contributed by atoms with E-state index in [9.17, 15) is 0 Å². The molecule has 0 aliphatic heterocycles. The molecule has 2 N–H and O–H groups in total. The fourth-order valence-corrected chi connectivity index (χ4v) is 2.98. The van der Waals surface area contributed by atoms with Gasteiger partial charge in [0, 0.05) is 32.2 Å². The van der Waals surface area contributed by atoms with Crippen molar-refractivity contribution in [3.63, 3.8) is 0 Å². The van der Waals surface area contributed by atoms with Gasteiger partial charge in [-0.3, -0.25) is 4.99 Å². The van der Waals surface area contributed by atoms with E-state index in [0.717, 1.165) is 56.2 Å². The minimum absolute atomic E-state index is 0. The Morgan fingerprint density at radius 3 is 2.60 bits per heavy atom. The van der Waals surface area contributed by atoms with Crippen LogP contribution in [0.1, 0.15) is 50.7 Å². The second-order valence-corrected chi connectivity index (χ2v) is 7.76. The van der Waals surface area contributed by atoms with Crippen molar-refractivity contribution < 1.29 is 4.74 Å². The number of unbranched alkanes of at least 4 members (excludes halogenated alkanes) is 1. The second-order valence-electron chi connectivity index (χ2n) is 7.76. The van der Waals surface area contributed by atoms with E-state index in [2.05, 4.69) is 64.8 Å². The Labute approximate surface area is 198 Å². The maximum absolute atomic E-state index is 6.07. The van der Waals surface area contributed by atoms with Crippen molar-refractivity contribution in [1.29, 1.82) is 0 Å². The summed E-state index contributed by atoms with van der Waals surface area (Å²) in [4.78, 5) is 4.32. The maximum atomic E-state index is 6.07. The highest BCUT2D eigenvalue weighted by Crippen LogP contribution is 2.21. The topological polar surface area (TPSA) is 76.4 Å². The largest absolute Gasteiger partial charge is 0.493 e. The molecule has 0 fully saturated rings. The zero-order chi connectivity index (χ0) is 20.9. The summed E-state index contributed by atoms with van der Waals surface area (Å²) in [6.45, 7) is 9.83. The van der Waals surface area contributed by atoms with Gasteiger partial charge in [-0.1, -0.05) is 26.0 Å². The summed E-state index contributed by atoms with van der Waals surface area (Å²) in [6, 6.07) is 6.37. The second kappa shape index (κ2) is 15.0. The number of halogens is 1. The summed E-state index contributed by atoms with van der Waals surface area (Å²) in [6.07, 6.45) is 7.88. The van der Waals surface area contributed by atoms with Crippen molar-refractivity contribution >= 4 is 29.9 Å². The lowest BCUT2D eigenvalue weighted by Gasteiger charge is -2.16. The molecule has 168 valence electrons. The Morgan fingerprint density at radius 2 is 1.90 bits per heavy atom. The number of nitrogens with one attached hydrogen (secondary N) is 2. The van der Waals surface area contributed by atoms with Crippen LogP contribution in [-0.4, -0.2) is 40.9 Å². The summed E-state index contributed by atoms with van der Waals surface area (Å²) in [5, 5.41) is 14.4. The fourth-order valence-electron chi connectivity index (χ4n) is 2.98. The molecule has 2 aromatic rings. The molecule has 0 atom stereocenters. The summed E-state index contributed by atoms with van der Waals surface area (Å²) in [7, 11) is 1.80. The van der Waals surface area contributed by atoms with Crippen molar-refractivity contribution in [2.75, 3.05) is 20.2 Å². The standard InChI is InChI=1S/C22H36N6O.HI/c1-18(2)8-7-13-29-21-14-19(3)9-10-20(21)15-25-22(23-4)24-11-5-6-12-28-16-26-27-17-28;/h9-10,14,16-18H,5-8,11-13,15H2,1-4H3,(H2,23,24,25);1H. The molecule has 0 spiro atoms. The molecule has 30 heavy (non-hydrogen) atoms. The molecule has 0 saturated heterocycles. The third-order valence-electron chi connectivity index (χ3n) is 4.68. The van der Waals surface area contributed by atoms with Gasteiger partial charge in [-0.15, -0.1) is 34.2 Å². The summed E-state index contributed by atoms with van der Waals surface area (Å²) in [5.74, 6) is 2.48. The van der Waals surface area contributed by atoms with Crippen LogP contribution in [0.5, 0.6) is 5.75 Å². The molecule has 7 nitrogen and oxygen atoms in total. The van der Waals surface area contributed by atoms with Gasteiger partial charge < -0.3 is 19.9 Å². The minimum Gasteiger partial charge on any atom is -0.493 e. The third kappa shape index (κ3) is 10.3. The van der Waals surface area contributed by atoms with Crippen LogP contribution < -0.4 is 15.4 Å². The van der Waals surface area contributed by atoms with Gasteiger partial charge in [0.25, 0.3) is 0 Å². The molecule has 0 radical (unpaired) electrons. The highest BCUT2D eigenvalue weighted by molar-refractivity contribution is 14.0. The zero-order valence-electron chi connectivity index (χ0n) is 18.7. The fraction of sp³-hybridized carbons (Fsp3) is 0.591. The van der Waals surface area contributed by atoms with E-state index in [1.165, 1.54) is 12.0 Å². The average molecular weight is 528 g/mol. The first-order valence-electron chi connectivity index (χ1n) is 10.6. The highest BCUT2D eigenvalue weighted by Gasteiger charge is 2.06. The van der Waals surface area contributed by atoms with Gasteiger partial charge in [0.1, 0.15) is 18.4 Å². The molecule has 1 heterocycles. The number of ether oxygens (including phenoxy) is 1. The van der Waals surface area contributed by atoms with Crippen LogP contribution in [0.4, 0.5) is 0 Å². The number of guanidine groups is 1. The lowest BCUT2D eigenvalue weighted by Crippen LogP contribution is -2.37. The molecule has 2 rings (SSSR count). The molecular formula is C22H37IN6O. The third-order valence-corrected chi connectivity index (χ3v) is 4.68. The van der Waals surface area contributed by atoms with Crippen LogP contribution in [0.3, 0.4) is 0 Å². The number of rotatable bonds is 12. The van der Waals surface area contributed by atoms with Crippen LogP contribution in [0.2, 0.25) is 0 Å². The summed E-state index contributed by atoms with van der Waals surface area (Å²) < 4.78 is 8.06. The molecule has 0 unspecified atom stereocenters. The van der Waals surface area contributed by atoms with Gasteiger partial charge in [-0.05, 0) is 50.2 Å². The number of aromatic nitrogens is 3. The van der Waals surface area contributed by atoms with Gasteiger partial charge in [-0.25, -0.2) is 0 Å². The van der Waals surface area contributed by atoms with E-state index in [4.69, 9.17) is 4.74 Å². The van der Waals surface area contributed by atoms with Crippen LogP contribution in [-0.2, 0) is 13.1 Å². The van der Waals surface area contributed by atoms with Crippen molar-refractivity contribution in [1.82, 2.24) is 25.4 Å². The van der Waals surface area contributed by atoms with Gasteiger partial charge in [0.05, 0.1) is 6.61 Å². The number of aliphatic imine (C=N–C) groups is 1. The first-order chi connectivity index (χ1) is 14.1. The first-order valence-corrected chi connectivity index (χ1v) is 10.6. The number of nitrogens with zero attached hydrogens (tertiary/aromatic N) is 4. The first kappa shape index (κ1) is 26.2. The van der Waals surface area contributed by atoms with Crippen LogP contribution in [0.25, 0.3) is 0 Å². The minimum atomic E-state index is 0. The van der Waals surface area contributed by atoms with Gasteiger partial charge >= 0.3 is 0 Å². The number of hydrogen-bond acceptors (Lipinski definition) is 4. The molecule has 0 aliphatic rings. The normalized spacial score (nSPS) is 11.3. The zero-order valence-corrected chi connectivity index (χ0v) is 21.1. The summed E-state index contributed by atoms with van der Waals surface area (Å²) in [5.41, 5.74) is 2.36. The predicted octanol–water partition coefficient (Wildman–Crippen LogP) is 4.16. The Kier molecular flexibility index (Phi) is 13.1. The Morgan fingerprint density at radius 1 is 1.13 bits per heavy atom. The van der Waals surface area contributed by atoms with E-state index < -0.39 is 0 Å². The van der Waals surface area contributed by atoms with E-state index >= 15 is 0 Å². The van der Waals surface area contributed by atoms with Gasteiger partial charge in [0.15, 0.2) is 5.96 Å². The number of hydrogen-bond donors (Lipinski definition) is 2. The molecular weight excluding hydrogens is 491 g/mol. The van der Waals surface area contributed by atoms with Crippen LogP contribution >= 0.6 is 24.0 Å². The van der Waals surface area contributed by atoms with Gasteiger partial charge in [-0.2, -0.15) is 0 Å². The summed E-state index contributed by atoms with van der Waals surface area (Å²) >= 11 is 0. The lowest BCUT2D eigenvalue weighted by molar-refractivity contribution is 0.294. The van der Waals surface area contributed by atoms with Crippen LogP contribution in [0.15, 0.2) is 35.8 Å². The molecule has 0 saturated carbocycles. The predicted molar refractivity (Wildman–Crippen MR) is 134 cm³/mol. The average Bonchev–Trinajstić information content (AvgIpc) is 3.22. The smallest absolute Gasteiger partial charge is 0.191 e. The lowest BCUT2D eigenvalue weighted by atomic mass is 10.1. The Bertz CT molecular complexity index is 733. The molecule has 8 heteroatoms. The monoisotopic (exact) mass is 528 g/mol. The van der Waals surface area contributed by atoms with Gasteiger partial charge in [0.2, 0.25) is 0 Å². The maximum Gasteiger partial charge on any atom is 0.191 e. The molecule has 1 aromatic heterocycles. The number of aryl methyl sites for hydroxylation is 2. The Balaban J connectivity index is 0.00000450. The Hall–Kier alpha value is -1.84. The van der Waals surface area contributed by atoms with E-state index in [-0.39, 0.29) is 24.0 Å². The van der Waals surface area contributed by atoms with E-state index in [0.29, 0.717) is 12.5 Å².